The molecule has 2 nitrogen and oxygen atoms in total. The quantitative estimate of drug-likeness (QED) is 0.680. The maximum atomic E-state index is 3.79. The summed E-state index contributed by atoms with van der Waals surface area (Å²) in [7, 11) is 0. The standard InChI is InChI=1S/C24H26N2/c1-2-7-18(8-3-1)19-10-6-14-25-24(19)16-17-12-13-23-21(15-17)20-9-4-5-11-22(20)26-23/h1-5,7-11,17,24-26H,6,12-16H2. The summed E-state index contributed by atoms with van der Waals surface area (Å²) in [5.41, 5.74) is 7.23. The Bertz CT molecular complexity index is 935. The molecule has 0 saturated carbocycles. The van der Waals surface area contributed by atoms with Gasteiger partial charge in [-0.1, -0.05) is 54.6 Å². The normalized spacial score (nSPS) is 22.8. The maximum Gasteiger partial charge on any atom is 0.0458 e. The second-order valence-corrected chi connectivity index (χ2v) is 7.79. The van der Waals surface area contributed by atoms with E-state index in [-0.39, 0.29) is 0 Å². The van der Waals surface area contributed by atoms with Crippen molar-refractivity contribution in [3.8, 4) is 0 Å². The van der Waals surface area contributed by atoms with Crippen molar-refractivity contribution >= 4 is 16.5 Å². The number of aryl methyl sites for hydroxylation is 1. The molecule has 0 amide bonds. The highest BCUT2D eigenvalue weighted by atomic mass is 14.9. The number of benzene rings is 2. The van der Waals surface area contributed by atoms with Gasteiger partial charge in [-0.05, 0) is 67.3 Å². The van der Waals surface area contributed by atoms with Crippen LogP contribution >= 0.6 is 0 Å². The van der Waals surface area contributed by atoms with Gasteiger partial charge in [0.25, 0.3) is 0 Å². The fourth-order valence-electron chi connectivity index (χ4n) is 4.87. The van der Waals surface area contributed by atoms with Crippen LogP contribution in [0, 0.1) is 5.92 Å². The van der Waals surface area contributed by atoms with E-state index in [4.69, 9.17) is 0 Å². The Hall–Kier alpha value is -2.32. The van der Waals surface area contributed by atoms with Crippen LogP contribution in [0.3, 0.4) is 0 Å². The van der Waals surface area contributed by atoms with Crippen LogP contribution in [0.4, 0.5) is 0 Å². The van der Waals surface area contributed by atoms with E-state index in [1.54, 1.807) is 5.56 Å². The molecule has 3 aromatic rings. The Morgan fingerprint density at radius 1 is 0.962 bits per heavy atom. The van der Waals surface area contributed by atoms with Crippen molar-refractivity contribution in [2.75, 3.05) is 6.54 Å². The lowest BCUT2D eigenvalue weighted by Gasteiger charge is -2.31. The van der Waals surface area contributed by atoms with Crippen LogP contribution in [0.25, 0.3) is 16.5 Å². The van der Waals surface area contributed by atoms with Gasteiger partial charge in [0.05, 0.1) is 0 Å². The van der Waals surface area contributed by atoms with Crippen molar-refractivity contribution in [2.24, 2.45) is 5.92 Å². The Morgan fingerprint density at radius 3 is 2.73 bits per heavy atom. The molecule has 0 fully saturated rings. The Morgan fingerprint density at radius 2 is 1.81 bits per heavy atom. The molecule has 0 bridgehead atoms. The van der Waals surface area contributed by atoms with Gasteiger partial charge in [-0.25, -0.2) is 0 Å². The van der Waals surface area contributed by atoms with Crippen LogP contribution < -0.4 is 5.32 Å². The molecule has 2 unspecified atom stereocenters. The van der Waals surface area contributed by atoms with Gasteiger partial charge in [-0.3, -0.25) is 0 Å². The maximum absolute atomic E-state index is 3.79. The SMILES string of the molecule is C1=C(c2ccccc2)C(CC2CCc3[nH]c4ccccc4c3C2)NCC1. The summed E-state index contributed by atoms with van der Waals surface area (Å²) in [6.45, 7) is 1.10. The van der Waals surface area contributed by atoms with Crippen LogP contribution in [0.2, 0.25) is 0 Å². The minimum atomic E-state index is 0.489. The number of rotatable bonds is 3. The summed E-state index contributed by atoms with van der Waals surface area (Å²) in [6.07, 6.45) is 8.51. The Balaban J connectivity index is 1.38. The van der Waals surface area contributed by atoms with Gasteiger partial charge < -0.3 is 10.3 Å². The first-order valence-corrected chi connectivity index (χ1v) is 9.96. The zero-order valence-corrected chi connectivity index (χ0v) is 15.2. The third-order valence-corrected chi connectivity index (χ3v) is 6.15. The van der Waals surface area contributed by atoms with Crippen LogP contribution in [-0.4, -0.2) is 17.6 Å². The second kappa shape index (κ2) is 6.77. The van der Waals surface area contributed by atoms with E-state index >= 15 is 0 Å². The average Bonchev–Trinajstić information content (AvgIpc) is 3.07. The summed E-state index contributed by atoms with van der Waals surface area (Å²) in [5, 5.41) is 5.23. The van der Waals surface area contributed by atoms with Crippen LogP contribution in [0.5, 0.6) is 0 Å². The molecule has 1 aromatic heterocycles. The van der Waals surface area contributed by atoms with Crippen LogP contribution in [0.15, 0.2) is 60.7 Å². The Labute approximate surface area is 155 Å². The predicted octanol–water partition coefficient (Wildman–Crippen LogP) is 5.11. The summed E-state index contributed by atoms with van der Waals surface area (Å²) in [6, 6.07) is 20.2. The predicted molar refractivity (Wildman–Crippen MR) is 109 cm³/mol. The lowest BCUT2D eigenvalue weighted by Crippen LogP contribution is -2.36. The van der Waals surface area contributed by atoms with Crippen molar-refractivity contribution in [3.05, 3.63) is 77.5 Å². The highest BCUT2D eigenvalue weighted by molar-refractivity contribution is 5.84. The van der Waals surface area contributed by atoms with Crippen LogP contribution in [0.1, 0.15) is 36.1 Å². The summed E-state index contributed by atoms with van der Waals surface area (Å²) < 4.78 is 0. The third-order valence-electron chi connectivity index (χ3n) is 6.15. The van der Waals surface area contributed by atoms with E-state index < -0.39 is 0 Å². The Kier molecular flexibility index (Phi) is 4.14. The van der Waals surface area contributed by atoms with E-state index in [0.717, 1.165) is 18.9 Å². The largest absolute Gasteiger partial charge is 0.358 e. The monoisotopic (exact) mass is 342 g/mol. The lowest BCUT2D eigenvalue weighted by molar-refractivity contribution is 0.383. The average molecular weight is 342 g/mol. The summed E-state index contributed by atoms with van der Waals surface area (Å²) in [5.74, 6) is 0.754. The molecule has 0 saturated heterocycles. The molecule has 0 radical (unpaired) electrons. The third kappa shape index (κ3) is 2.89. The number of para-hydroxylation sites is 1. The van der Waals surface area contributed by atoms with Gasteiger partial charge in [0, 0.05) is 22.6 Å². The molecule has 2 heterocycles. The minimum absolute atomic E-state index is 0.489. The second-order valence-electron chi connectivity index (χ2n) is 7.79. The molecule has 0 spiro atoms. The molecular weight excluding hydrogens is 316 g/mol. The van der Waals surface area contributed by atoms with Gasteiger partial charge in [-0.2, -0.15) is 0 Å². The van der Waals surface area contributed by atoms with Crippen molar-refractivity contribution in [1.29, 1.82) is 0 Å². The molecule has 1 aliphatic carbocycles. The molecule has 26 heavy (non-hydrogen) atoms. The molecule has 5 rings (SSSR count). The van der Waals surface area contributed by atoms with Crippen molar-refractivity contribution in [1.82, 2.24) is 10.3 Å². The van der Waals surface area contributed by atoms with Crippen molar-refractivity contribution in [3.63, 3.8) is 0 Å². The van der Waals surface area contributed by atoms with E-state index in [9.17, 15) is 0 Å². The highest BCUT2D eigenvalue weighted by Gasteiger charge is 2.27. The zero-order valence-electron chi connectivity index (χ0n) is 15.2. The smallest absolute Gasteiger partial charge is 0.0458 e. The number of hydrogen-bond acceptors (Lipinski definition) is 1. The van der Waals surface area contributed by atoms with Crippen LogP contribution in [-0.2, 0) is 12.8 Å². The minimum Gasteiger partial charge on any atom is -0.358 e. The first-order valence-electron chi connectivity index (χ1n) is 9.96. The number of H-pyrrole nitrogens is 1. The molecule has 2 aromatic carbocycles. The molecule has 2 atom stereocenters. The lowest BCUT2D eigenvalue weighted by atomic mass is 9.80. The van der Waals surface area contributed by atoms with Gasteiger partial charge in [-0.15, -0.1) is 0 Å². The van der Waals surface area contributed by atoms with E-state index in [2.05, 4.69) is 71.0 Å². The number of aromatic amines is 1. The fraction of sp³-hybridized carbons (Fsp3) is 0.333. The zero-order chi connectivity index (χ0) is 17.3. The fourth-order valence-corrected chi connectivity index (χ4v) is 4.87. The number of aromatic nitrogens is 1. The van der Waals surface area contributed by atoms with Crippen molar-refractivity contribution in [2.45, 2.75) is 38.1 Å². The number of hydrogen-bond donors (Lipinski definition) is 2. The molecule has 2 heteroatoms. The molecule has 132 valence electrons. The number of nitrogens with one attached hydrogen (secondary N) is 2. The highest BCUT2D eigenvalue weighted by Crippen LogP contribution is 2.35. The summed E-state index contributed by atoms with van der Waals surface area (Å²) >= 11 is 0. The van der Waals surface area contributed by atoms with Crippen molar-refractivity contribution < 1.29 is 0 Å². The summed E-state index contributed by atoms with van der Waals surface area (Å²) in [4.78, 5) is 3.65. The van der Waals surface area contributed by atoms with Gasteiger partial charge in [0.1, 0.15) is 0 Å². The molecule has 2 aliphatic rings. The van der Waals surface area contributed by atoms with E-state index in [1.165, 1.54) is 53.4 Å². The molecular formula is C24H26N2. The first-order chi connectivity index (χ1) is 12.9. The van der Waals surface area contributed by atoms with Gasteiger partial charge in [0.2, 0.25) is 0 Å². The molecule has 1 aliphatic heterocycles. The van der Waals surface area contributed by atoms with Gasteiger partial charge in [0.15, 0.2) is 0 Å². The number of fused-ring (bicyclic) bond motifs is 3. The van der Waals surface area contributed by atoms with Gasteiger partial charge >= 0.3 is 0 Å². The first kappa shape index (κ1) is 15.9. The van der Waals surface area contributed by atoms with E-state index in [0.29, 0.717) is 6.04 Å². The molecule has 2 N–H and O–H groups in total. The topological polar surface area (TPSA) is 27.8 Å². The van der Waals surface area contributed by atoms with E-state index in [1.807, 2.05) is 0 Å².